The summed E-state index contributed by atoms with van der Waals surface area (Å²) in [6.45, 7) is 1.60. The highest BCUT2D eigenvalue weighted by atomic mass is 35.5. The highest BCUT2D eigenvalue weighted by Crippen LogP contribution is 2.24. The molecule has 0 saturated carbocycles. The Kier molecular flexibility index (Phi) is 5.54. The van der Waals surface area contributed by atoms with E-state index in [1.807, 2.05) is 12.1 Å². The van der Waals surface area contributed by atoms with Crippen LogP contribution in [0.3, 0.4) is 0 Å². The van der Waals surface area contributed by atoms with Crippen molar-refractivity contribution in [3.8, 4) is 0 Å². The standard InChI is InChI=1S/C18H18Cl2N4O2/c1-23(11-12-5-6-15(19)16(20)9-12)18(26)22-13-3-2-4-14(10-13)24-8-7-21-17(24)25/h2-6,9-10H,7-8,11H2,1H3,(H,21,25)(H,22,26). The molecule has 1 heterocycles. The quantitative estimate of drug-likeness (QED) is 0.818. The van der Waals surface area contributed by atoms with Gasteiger partial charge in [0.2, 0.25) is 0 Å². The SMILES string of the molecule is CN(Cc1ccc(Cl)c(Cl)c1)C(=O)Nc1cccc(N2CCNC2=O)c1. The number of hydrogen-bond donors (Lipinski definition) is 2. The average molecular weight is 393 g/mol. The summed E-state index contributed by atoms with van der Waals surface area (Å²) in [6.07, 6.45) is 0. The number of rotatable bonds is 4. The second-order valence-corrected chi connectivity index (χ2v) is 6.78. The van der Waals surface area contributed by atoms with Gasteiger partial charge in [0.1, 0.15) is 0 Å². The zero-order valence-corrected chi connectivity index (χ0v) is 15.6. The molecule has 8 heteroatoms. The van der Waals surface area contributed by atoms with Crippen LogP contribution in [0.25, 0.3) is 0 Å². The Morgan fingerprint density at radius 1 is 1.23 bits per heavy atom. The minimum Gasteiger partial charge on any atom is -0.336 e. The predicted octanol–water partition coefficient (Wildman–Crippen LogP) is 4.19. The monoisotopic (exact) mass is 392 g/mol. The van der Waals surface area contributed by atoms with Crippen molar-refractivity contribution in [2.75, 3.05) is 30.4 Å². The number of amides is 4. The summed E-state index contributed by atoms with van der Waals surface area (Å²) in [5.41, 5.74) is 2.23. The topological polar surface area (TPSA) is 64.7 Å². The first-order valence-corrected chi connectivity index (χ1v) is 8.81. The predicted molar refractivity (Wildman–Crippen MR) is 104 cm³/mol. The number of hydrogen-bond acceptors (Lipinski definition) is 2. The summed E-state index contributed by atoms with van der Waals surface area (Å²) in [4.78, 5) is 27.4. The molecule has 2 N–H and O–H groups in total. The van der Waals surface area contributed by atoms with E-state index in [2.05, 4.69) is 10.6 Å². The lowest BCUT2D eigenvalue weighted by atomic mass is 10.2. The maximum absolute atomic E-state index is 12.4. The Bertz CT molecular complexity index is 844. The molecule has 0 aliphatic carbocycles. The molecule has 1 aliphatic heterocycles. The fourth-order valence-electron chi connectivity index (χ4n) is 2.67. The van der Waals surface area contributed by atoms with E-state index in [4.69, 9.17) is 23.2 Å². The van der Waals surface area contributed by atoms with Crippen LogP contribution in [-0.2, 0) is 6.54 Å². The van der Waals surface area contributed by atoms with E-state index in [-0.39, 0.29) is 12.1 Å². The smallest absolute Gasteiger partial charge is 0.321 e. The molecular weight excluding hydrogens is 375 g/mol. The van der Waals surface area contributed by atoms with Crippen LogP contribution in [0.1, 0.15) is 5.56 Å². The van der Waals surface area contributed by atoms with Gasteiger partial charge in [-0.25, -0.2) is 9.59 Å². The normalized spacial score (nSPS) is 13.5. The Morgan fingerprint density at radius 3 is 2.73 bits per heavy atom. The number of carbonyl (C=O) groups is 2. The van der Waals surface area contributed by atoms with E-state index < -0.39 is 0 Å². The molecule has 2 aromatic rings. The average Bonchev–Trinajstić information content (AvgIpc) is 3.04. The van der Waals surface area contributed by atoms with Crippen molar-refractivity contribution in [3.05, 3.63) is 58.1 Å². The third-order valence-electron chi connectivity index (χ3n) is 4.02. The molecule has 136 valence electrons. The van der Waals surface area contributed by atoms with Crippen molar-refractivity contribution in [1.29, 1.82) is 0 Å². The highest BCUT2D eigenvalue weighted by Gasteiger charge is 2.21. The minimum atomic E-state index is -0.265. The van der Waals surface area contributed by atoms with Crippen LogP contribution in [0, 0.1) is 0 Å². The maximum atomic E-state index is 12.4. The number of nitrogens with zero attached hydrogens (tertiary/aromatic N) is 2. The van der Waals surface area contributed by atoms with E-state index in [0.29, 0.717) is 35.4 Å². The largest absolute Gasteiger partial charge is 0.336 e. The molecular formula is C18H18Cl2N4O2. The molecule has 0 unspecified atom stereocenters. The van der Waals surface area contributed by atoms with Gasteiger partial charge >= 0.3 is 12.1 Å². The van der Waals surface area contributed by atoms with Gasteiger partial charge in [0.25, 0.3) is 0 Å². The van der Waals surface area contributed by atoms with Gasteiger partial charge in [0.05, 0.1) is 10.0 Å². The van der Waals surface area contributed by atoms with Crippen LogP contribution in [0.15, 0.2) is 42.5 Å². The van der Waals surface area contributed by atoms with Crippen LogP contribution >= 0.6 is 23.2 Å². The summed E-state index contributed by atoms with van der Waals surface area (Å²) in [5.74, 6) is 0. The minimum absolute atomic E-state index is 0.134. The van der Waals surface area contributed by atoms with E-state index in [0.717, 1.165) is 11.3 Å². The molecule has 0 atom stereocenters. The molecule has 0 spiro atoms. The Labute approximate surface area is 161 Å². The summed E-state index contributed by atoms with van der Waals surface area (Å²) in [7, 11) is 1.69. The van der Waals surface area contributed by atoms with Crippen molar-refractivity contribution < 1.29 is 9.59 Å². The number of urea groups is 2. The molecule has 6 nitrogen and oxygen atoms in total. The van der Waals surface area contributed by atoms with Crippen molar-refractivity contribution in [2.24, 2.45) is 0 Å². The summed E-state index contributed by atoms with van der Waals surface area (Å²) in [6, 6.07) is 12.1. The number of nitrogens with one attached hydrogen (secondary N) is 2. The zero-order valence-electron chi connectivity index (χ0n) is 14.1. The van der Waals surface area contributed by atoms with E-state index in [9.17, 15) is 9.59 Å². The fourth-order valence-corrected chi connectivity index (χ4v) is 2.99. The molecule has 0 radical (unpaired) electrons. The zero-order chi connectivity index (χ0) is 18.7. The molecule has 2 aromatic carbocycles. The Morgan fingerprint density at radius 2 is 2.04 bits per heavy atom. The van der Waals surface area contributed by atoms with Gasteiger partial charge in [-0.1, -0.05) is 35.3 Å². The van der Waals surface area contributed by atoms with Gasteiger partial charge in [-0.3, -0.25) is 4.90 Å². The molecule has 3 rings (SSSR count). The first-order valence-electron chi connectivity index (χ1n) is 8.05. The van der Waals surface area contributed by atoms with Gasteiger partial charge in [0.15, 0.2) is 0 Å². The fraction of sp³-hybridized carbons (Fsp3) is 0.222. The second kappa shape index (κ2) is 7.85. The van der Waals surface area contributed by atoms with Gasteiger partial charge in [-0.2, -0.15) is 0 Å². The van der Waals surface area contributed by atoms with E-state index in [1.165, 1.54) is 4.90 Å². The molecule has 1 saturated heterocycles. The number of halogens is 2. The van der Waals surface area contributed by atoms with E-state index in [1.54, 1.807) is 42.3 Å². The molecule has 26 heavy (non-hydrogen) atoms. The van der Waals surface area contributed by atoms with Gasteiger partial charge in [-0.15, -0.1) is 0 Å². The van der Waals surface area contributed by atoms with Crippen LogP contribution in [0.4, 0.5) is 21.0 Å². The van der Waals surface area contributed by atoms with Crippen LogP contribution in [0.5, 0.6) is 0 Å². The summed E-state index contributed by atoms with van der Waals surface area (Å²) in [5, 5.41) is 6.52. The number of carbonyl (C=O) groups excluding carboxylic acids is 2. The van der Waals surface area contributed by atoms with Crippen LogP contribution < -0.4 is 15.5 Å². The van der Waals surface area contributed by atoms with Crippen LogP contribution in [-0.4, -0.2) is 37.1 Å². The first kappa shape index (κ1) is 18.4. The maximum Gasteiger partial charge on any atom is 0.321 e. The summed E-state index contributed by atoms with van der Waals surface area (Å²) >= 11 is 11.9. The molecule has 1 aliphatic rings. The lowest BCUT2D eigenvalue weighted by Gasteiger charge is -2.20. The van der Waals surface area contributed by atoms with Crippen molar-refractivity contribution >= 4 is 46.6 Å². The lowest BCUT2D eigenvalue weighted by Crippen LogP contribution is -2.31. The summed E-state index contributed by atoms with van der Waals surface area (Å²) < 4.78 is 0. The highest BCUT2D eigenvalue weighted by molar-refractivity contribution is 6.42. The van der Waals surface area contributed by atoms with Crippen LogP contribution in [0.2, 0.25) is 10.0 Å². The molecule has 4 amide bonds. The lowest BCUT2D eigenvalue weighted by molar-refractivity contribution is 0.220. The molecule has 0 bridgehead atoms. The third-order valence-corrected chi connectivity index (χ3v) is 4.76. The molecule has 0 aromatic heterocycles. The van der Waals surface area contributed by atoms with Gasteiger partial charge in [0, 0.05) is 38.1 Å². The van der Waals surface area contributed by atoms with Crippen molar-refractivity contribution in [3.63, 3.8) is 0 Å². The molecule has 1 fully saturated rings. The Balaban J connectivity index is 1.65. The number of anilines is 2. The second-order valence-electron chi connectivity index (χ2n) is 5.97. The van der Waals surface area contributed by atoms with Crippen molar-refractivity contribution in [2.45, 2.75) is 6.54 Å². The van der Waals surface area contributed by atoms with Gasteiger partial charge < -0.3 is 15.5 Å². The third kappa shape index (κ3) is 4.20. The van der Waals surface area contributed by atoms with Crippen molar-refractivity contribution in [1.82, 2.24) is 10.2 Å². The number of benzene rings is 2. The van der Waals surface area contributed by atoms with Gasteiger partial charge in [-0.05, 0) is 35.9 Å². The first-order chi connectivity index (χ1) is 12.4. The van der Waals surface area contributed by atoms with E-state index >= 15 is 0 Å². The Hall–Kier alpha value is -2.44.